The molecule has 1 heterocycles. The van der Waals surface area contributed by atoms with Gasteiger partial charge in [0, 0.05) is 19.6 Å². The Morgan fingerprint density at radius 3 is 2.81 bits per heavy atom. The smallest absolute Gasteiger partial charge is 0.235 e. The van der Waals surface area contributed by atoms with Gasteiger partial charge in [-0.2, -0.15) is 0 Å². The Morgan fingerprint density at radius 1 is 1.69 bits per heavy atom. The molecule has 2 unspecified atom stereocenters. The van der Waals surface area contributed by atoms with E-state index in [-0.39, 0.29) is 11.9 Å². The second kappa shape index (κ2) is 6.18. The predicted molar refractivity (Wildman–Crippen MR) is 65.1 cm³/mol. The molecule has 1 saturated heterocycles. The van der Waals surface area contributed by atoms with Crippen molar-refractivity contribution in [3.8, 4) is 0 Å². The van der Waals surface area contributed by atoms with Gasteiger partial charge in [0.1, 0.15) is 0 Å². The number of likely N-dealkylation sites (N-methyl/N-ethyl adjacent to an activating group) is 2. The Kier molecular flexibility index (Phi) is 5.18. The monoisotopic (exact) mass is 228 g/mol. The van der Waals surface area contributed by atoms with Crippen LogP contribution in [0.3, 0.4) is 0 Å². The quantitative estimate of drug-likeness (QED) is 0.608. The maximum absolute atomic E-state index is 11.1. The number of nitrogens with zero attached hydrogens (tertiary/aromatic N) is 2. The van der Waals surface area contributed by atoms with Gasteiger partial charge in [0.15, 0.2) is 0 Å². The van der Waals surface area contributed by atoms with Crippen LogP contribution in [0.2, 0.25) is 0 Å². The lowest BCUT2D eigenvalue weighted by atomic mass is 10.1. The third-order valence-corrected chi connectivity index (χ3v) is 3.24. The van der Waals surface area contributed by atoms with Gasteiger partial charge in [0.2, 0.25) is 5.91 Å². The van der Waals surface area contributed by atoms with Crippen molar-refractivity contribution in [2.24, 2.45) is 11.7 Å². The van der Waals surface area contributed by atoms with E-state index in [0.717, 1.165) is 19.0 Å². The minimum Gasteiger partial charge on any atom is -0.368 e. The number of carbonyl (C=O) groups is 1. The standard InChI is InChI=1S/C11H24N4O/c1-13-10(11(12)16)8-15(3)7-9-4-5-14(2)6-9/h9-10,13H,4-8H2,1-3H3,(H2,12,16). The van der Waals surface area contributed by atoms with Gasteiger partial charge in [0.25, 0.3) is 0 Å². The van der Waals surface area contributed by atoms with Gasteiger partial charge in [-0.05, 0) is 40.0 Å². The lowest BCUT2D eigenvalue weighted by Crippen LogP contribution is -2.47. The van der Waals surface area contributed by atoms with Crippen LogP contribution in [-0.2, 0) is 4.79 Å². The molecule has 1 rings (SSSR count). The van der Waals surface area contributed by atoms with Crippen LogP contribution in [0, 0.1) is 5.92 Å². The van der Waals surface area contributed by atoms with Crippen LogP contribution in [0.1, 0.15) is 6.42 Å². The first-order valence-corrected chi connectivity index (χ1v) is 5.86. The van der Waals surface area contributed by atoms with Crippen LogP contribution in [0.15, 0.2) is 0 Å². The minimum atomic E-state index is -0.280. The zero-order chi connectivity index (χ0) is 12.1. The van der Waals surface area contributed by atoms with E-state index in [4.69, 9.17) is 5.73 Å². The number of rotatable bonds is 6. The van der Waals surface area contributed by atoms with Gasteiger partial charge >= 0.3 is 0 Å². The minimum absolute atomic E-state index is 0.246. The molecule has 0 aromatic heterocycles. The van der Waals surface area contributed by atoms with Gasteiger partial charge in [-0.1, -0.05) is 0 Å². The summed E-state index contributed by atoms with van der Waals surface area (Å²) in [7, 11) is 5.97. The zero-order valence-electron chi connectivity index (χ0n) is 10.6. The van der Waals surface area contributed by atoms with Crippen molar-refractivity contribution in [2.75, 3.05) is 47.3 Å². The summed E-state index contributed by atoms with van der Waals surface area (Å²) >= 11 is 0. The molecule has 5 nitrogen and oxygen atoms in total. The van der Waals surface area contributed by atoms with Crippen molar-refractivity contribution in [1.82, 2.24) is 15.1 Å². The van der Waals surface area contributed by atoms with Crippen LogP contribution in [-0.4, -0.2) is 69.1 Å². The highest BCUT2D eigenvalue weighted by atomic mass is 16.1. The van der Waals surface area contributed by atoms with Gasteiger partial charge in [0.05, 0.1) is 6.04 Å². The molecule has 0 aromatic rings. The highest BCUT2D eigenvalue weighted by molar-refractivity contribution is 5.80. The Morgan fingerprint density at radius 2 is 2.38 bits per heavy atom. The summed E-state index contributed by atoms with van der Waals surface area (Å²) < 4.78 is 0. The Bertz CT molecular complexity index is 234. The lowest BCUT2D eigenvalue weighted by Gasteiger charge is -2.24. The number of nitrogens with one attached hydrogen (secondary N) is 1. The maximum Gasteiger partial charge on any atom is 0.235 e. The molecule has 2 atom stereocenters. The van der Waals surface area contributed by atoms with E-state index < -0.39 is 0 Å². The number of primary amides is 1. The summed E-state index contributed by atoms with van der Waals surface area (Å²) in [5.74, 6) is 0.443. The molecule has 1 amide bonds. The van der Waals surface area contributed by atoms with Crippen molar-refractivity contribution < 1.29 is 4.79 Å². The third-order valence-electron chi connectivity index (χ3n) is 3.24. The average Bonchev–Trinajstić information content (AvgIpc) is 2.60. The van der Waals surface area contributed by atoms with E-state index in [2.05, 4.69) is 22.2 Å². The first kappa shape index (κ1) is 13.4. The van der Waals surface area contributed by atoms with Gasteiger partial charge in [-0.3, -0.25) is 4.79 Å². The topological polar surface area (TPSA) is 61.6 Å². The highest BCUT2D eigenvalue weighted by Crippen LogP contribution is 2.14. The second-order valence-corrected chi connectivity index (χ2v) is 4.88. The molecule has 1 fully saturated rings. The molecule has 1 aliphatic rings. The summed E-state index contributed by atoms with van der Waals surface area (Å²) in [6.45, 7) is 4.07. The average molecular weight is 228 g/mol. The number of carbonyl (C=O) groups excluding carboxylic acids is 1. The van der Waals surface area contributed by atoms with E-state index in [9.17, 15) is 4.79 Å². The van der Waals surface area contributed by atoms with Crippen molar-refractivity contribution in [3.05, 3.63) is 0 Å². The van der Waals surface area contributed by atoms with E-state index in [0.29, 0.717) is 6.54 Å². The van der Waals surface area contributed by atoms with Crippen molar-refractivity contribution in [3.63, 3.8) is 0 Å². The summed E-state index contributed by atoms with van der Waals surface area (Å²) in [4.78, 5) is 15.6. The molecule has 0 radical (unpaired) electrons. The Hall–Kier alpha value is -0.650. The van der Waals surface area contributed by atoms with Gasteiger partial charge < -0.3 is 20.9 Å². The van der Waals surface area contributed by atoms with E-state index in [1.807, 2.05) is 7.05 Å². The van der Waals surface area contributed by atoms with Crippen LogP contribution in [0.25, 0.3) is 0 Å². The molecule has 5 heteroatoms. The Labute approximate surface area is 98.0 Å². The normalized spacial score (nSPS) is 23.9. The molecule has 0 bridgehead atoms. The molecule has 94 valence electrons. The first-order valence-electron chi connectivity index (χ1n) is 5.86. The molecule has 0 aliphatic carbocycles. The third kappa shape index (κ3) is 4.08. The second-order valence-electron chi connectivity index (χ2n) is 4.88. The molecule has 3 N–H and O–H groups in total. The molecule has 0 aromatic carbocycles. The number of nitrogens with two attached hydrogens (primary N) is 1. The van der Waals surface area contributed by atoms with Gasteiger partial charge in [-0.15, -0.1) is 0 Å². The van der Waals surface area contributed by atoms with E-state index in [1.54, 1.807) is 7.05 Å². The summed E-state index contributed by atoms with van der Waals surface area (Å²) in [5.41, 5.74) is 5.29. The van der Waals surface area contributed by atoms with E-state index >= 15 is 0 Å². The number of hydrogen-bond donors (Lipinski definition) is 2. The molecular weight excluding hydrogens is 204 g/mol. The predicted octanol–water partition coefficient (Wildman–Crippen LogP) is -1.06. The molecule has 0 spiro atoms. The molecular formula is C11H24N4O. The highest BCUT2D eigenvalue weighted by Gasteiger charge is 2.22. The van der Waals surface area contributed by atoms with E-state index in [1.165, 1.54) is 13.0 Å². The largest absolute Gasteiger partial charge is 0.368 e. The van der Waals surface area contributed by atoms with Crippen LogP contribution < -0.4 is 11.1 Å². The number of likely N-dealkylation sites (tertiary alicyclic amines) is 1. The zero-order valence-corrected chi connectivity index (χ0v) is 10.6. The summed E-state index contributed by atoms with van der Waals surface area (Å²) in [6.07, 6.45) is 1.25. The van der Waals surface area contributed by atoms with Crippen molar-refractivity contribution >= 4 is 5.91 Å². The Balaban J connectivity index is 2.29. The fraction of sp³-hybridized carbons (Fsp3) is 0.909. The SMILES string of the molecule is CNC(CN(C)CC1CCN(C)C1)C(N)=O. The molecule has 0 saturated carbocycles. The van der Waals surface area contributed by atoms with Crippen LogP contribution in [0.4, 0.5) is 0 Å². The molecule has 1 aliphatic heterocycles. The van der Waals surface area contributed by atoms with Gasteiger partial charge in [-0.25, -0.2) is 0 Å². The molecule has 16 heavy (non-hydrogen) atoms. The lowest BCUT2D eigenvalue weighted by molar-refractivity contribution is -0.120. The first-order chi connectivity index (χ1) is 7.52. The fourth-order valence-electron chi connectivity index (χ4n) is 2.33. The summed E-state index contributed by atoms with van der Waals surface area (Å²) in [6, 6.07) is -0.246. The van der Waals surface area contributed by atoms with Crippen LogP contribution in [0.5, 0.6) is 0 Å². The van der Waals surface area contributed by atoms with Crippen LogP contribution >= 0.6 is 0 Å². The fourth-order valence-corrected chi connectivity index (χ4v) is 2.33. The maximum atomic E-state index is 11.1. The van der Waals surface area contributed by atoms with Crippen molar-refractivity contribution in [2.45, 2.75) is 12.5 Å². The number of amides is 1. The number of hydrogen-bond acceptors (Lipinski definition) is 4. The summed E-state index contributed by atoms with van der Waals surface area (Å²) in [5, 5.41) is 2.94. The van der Waals surface area contributed by atoms with Crippen molar-refractivity contribution in [1.29, 1.82) is 0 Å².